The Morgan fingerprint density at radius 2 is 1.71 bits per heavy atom. The number of ether oxygens (including phenoxy) is 4. The lowest BCUT2D eigenvalue weighted by Crippen LogP contribution is -2.43. The predicted octanol–water partition coefficient (Wildman–Crippen LogP) is 2.03. The summed E-state index contributed by atoms with van der Waals surface area (Å²) in [5.41, 5.74) is -0.605. The molecule has 3 fully saturated rings. The maximum absolute atomic E-state index is 10.1. The van der Waals surface area contributed by atoms with Crippen LogP contribution in [-0.4, -0.2) is 55.4 Å². The summed E-state index contributed by atoms with van der Waals surface area (Å²) in [6.45, 7) is 8.66. The van der Waals surface area contributed by atoms with Crippen LogP contribution in [-0.2, 0) is 18.9 Å². The first-order valence-electron chi connectivity index (χ1n) is 7.94. The van der Waals surface area contributed by atoms with E-state index in [-0.39, 0.29) is 6.10 Å². The standard InChI is InChI=1S/C10H18O2.C6H10O3/c1-3-12-9(2)10(11)7-5-4-6-8-10;1(5-3-8-5)7-2-6-4-9-6/h3,9,11H,1,4-8H2,2H3;5-6H,1-4H2. The van der Waals surface area contributed by atoms with Crippen molar-refractivity contribution < 1.29 is 24.1 Å². The topological polar surface area (TPSA) is 63.8 Å². The molecule has 21 heavy (non-hydrogen) atoms. The molecule has 0 aromatic heterocycles. The van der Waals surface area contributed by atoms with Crippen LogP contribution in [0, 0.1) is 0 Å². The largest absolute Gasteiger partial charge is 0.496 e. The van der Waals surface area contributed by atoms with Gasteiger partial charge in [0.1, 0.15) is 23.9 Å². The molecule has 3 atom stereocenters. The van der Waals surface area contributed by atoms with Gasteiger partial charge < -0.3 is 24.1 Å². The average molecular weight is 300 g/mol. The Morgan fingerprint density at radius 1 is 1.19 bits per heavy atom. The summed E-state index contributed by atoms with van der Waals surface area (Å²) < 4.78 is 20.3. The zero-order valence-corrected chi connectivity index (χ0v) is 13.0. The van der Waals surface area contributed by atoms with Gasteiger partial charge in [0, 0.05) is 0 Å². The van der Waals surface area contributed by atoms with Gasteiger partial charge in [0.15, 0.2) is 0 Å². The summed E-state index contributed by atoms with van der Waals surface area (Å²) in [5.74, 6) is 0. The van der Waals surface area contributed by atoms with Crippen molar-refractivity contribution in [3.8, 4) is 0 Å². The minimum absolute atomic E-state index is 0.115. The molecule has 3 rings (SSSR count). The van der Waals surface area contributed by atoms with Crippen LogP contribution in [0.2, 0.25) is 0 Å². The van der Waals surface area contributed by atoms with E-state index in [2.05, 4.69) is 6.58 Å². The molecule has 1 N–H and O–H groups in total. The van der Waals surface area contributed by atoms with Crippen LogP contribution in [0.15, 0.2) is 12.8 Å². The molecule has 122 valence electrons. The monoisotopic (exact) mass is 300 g/mol. The van der Waals surface area contributed by atoms with E-state index in [0.717, 1.165) is 52.1 Å². The van der Waals surface area contributed by atoms with Crippen molar-refractivity contribution in [3.63, 3.8) is 0 Å². The second-order valence-corrected chi connectivity index (χ2v) is 6.06. The molecule has 2 aliphatic heterocycles. The molecular formula is C16H28O5. The predicted molar refractivity (Wildman–Crippen MR) is 79.1 cm³/mol. The van der Waals surface area contributed by atoms with Gasteiger partial charge in [0.05, 0.1) is 32.7 Å². The first-order chi connectivity index (χ1) is 10.1. The molecular weight excluding hydrogens is 272 g/mol. The Kier molecular flexibility index (Phi) is 6.48. The zero-order chi connectivity index (χ0) is 15.1. The Balaban J connectivity index is 0.000000159. The van der Waals surface area contributed by atoms with E-state index >= 15 is 0 Å². The highest BCUT2D eigenvalue weighted by Crippen LogP contribution is 2.32. The zero-order valence-electron chi connectivity index (χ0n) is 13.0. The third-order valence-corrected chi connectivity index (χ3v) is 4.19. The average Bonchev–Trinajstić information content (AvgIpc) is 3.36. The first-order valence-corrected chi connectivity index (χ1v) is 7.94. The molecule has 5 nitrogen and oxygen atoms in total. The second kappa shape index (κ2) is 8.13. The van der Waals surface area contributed by atoms with E-state index in [9.17, 15) is 5.11 Å². The van der Waals surface area contributed by atoms with Gasteiger partial charge in [-0.05, 0) is 19.8 Å². The Morgan fingerprint density at radius 3 is 2.14 bits per heavy atom. The summed E-state index contributed by atoms with van der Waals surface area (Å²) in [7, 11) is 0. The fourth-order valence-electron chi connectivity index (χ4n) is 2.50. The van der Waals surface area contributed by atoms with Crippen LogP contribution in [0.5, 0.6) is 0 Å². The van der Waals surface area contributed by atoms with Crippen LogP contribution < -0.4 is 0 Å². The van der Waals surface area contributed by atoms with E-state index < -0.39 is 5.60 Å². The third kappa shape index (κ3) is 6.34. The van der Waals surface area contributed by atoms with Gasteiger partial charge in [-0.1, -0.05) is 25.8 Å². The molecule has 2 saturated heterocycles. The fourth-order valence-corrected chi connectivity index (χ4v) is 2.50. The molecule has 0 amide bonds. The van der Waals surface area contributed by atoms with Crippen LogP contribution in [0.1, 0.15) is 39.0 Å². The molecule has 0 bridgehead atoms. The Labute approximate surface area is 127 Å². The van der Waals surface area contributed by atoms with Crippen molar-refractivity contribution in [3.05, 3.63) is 12.8 Å². The summed E-state index contributed by atoms with van der Waals surface area (Å²) in [6, 6.07) is 0. The van der Waals surface area contributed by atoms with Crippen molar-refractivity contribution in [2.75, 3.05) is 26.4 Å². The number of aliphatic hydroxyl groups is 1. The molecule has 0 aromatic carbocycles. The van der Waals surface area contributed by atoms with E-state index in [1.807, 2.05) is 6.92 Å². The highest BCUT2D eigenvalue weighted by Gasteiger charge is 2.35. The summed E-state index contributed by atoms with van der Waals surface area (Å²) in [6.07, 6.45) is 7.27. The maximum atomic E-state index is 10.1. The molecule has 5 heteroatoms. The minimum Gasteiger partial charge on any atom is -0.496 e. The Bertz CT molecular complexity index is 294. The highest BCUT2D eigenvalue weighted by atomic mass is 16.6. The van der Waals surface area contributed by atoms with Crippen molar-refractivity contribution in [2.24, 2.45) is 0 Å². The maximum Gasteiger partial charge on any atom is 0.124 e. The second-order valence-electron chi connectivity index (χ2n) is 6.06. The van der Waals surface area contributed by atoms with E-state index in [1.54, 1.807) is 0 Å². The number of hydrogen-bond donors (Lipinski definition) is 1. The lowest BCUT2D eigenvalue weighted by atomic mass is 9.81. The number of rotatable bonds is 7. The first kappa shape index (κ1) is 16.7. The molecule has 1 aliphatic carbocycles. The van der Waals surface area contributed by atoms with E-state index in [4.69, 9.17) is 18.9 Å². The summed E-state index contributed by atoms with van der Waals surface area (Å²) >= 11 is 0. The van der Waals surface area contributed by atoms with Crippen molar-refractivity contribution in [1.82, 2.24) is 0 Å². The van der Waals surface area contributed by atoms with Gasteiger partial charge in [-0.15, -0.1) is 0 Å². The Hall–Kier alpha value is -0.620. The van der Waals surface area contributed by atoms with Crippen LogP contribution in [0.4, 0.5) is 0 Å². The van der Waals surface area contributed by atoms with Gasteiger partial charge in [0.2, 0.25) is 0 Å². The van der Waals surface area contributed by atoms with Gasteiger partial charge in [-0.3, -0.25) is 0 Å². The number of hydrogen-bond acceptors (Lipinski definition) is 5. The van der Waals surface area contributed by atoms with Crippen LogP contribution >= 0.6 is 0 Å². The van der Waals surface area contributed by atoms with Crippen LogP contribution in [0.3, 0.4) is 0 Å². The molecule has 0 aromatic rings. The smallest absolute Gasteiger partial charge is 0.124 e. The molecule has 3 aliphatic rings. The van der Waals surface area contributed by atoms with Crippen molar-refractivity contribution in [2.45, 2.75) is 62.9 Å². The SMILES string of the molecule is C(OCC1CO1)C1CO1.C=COC(C)C1(O)CCCCC1. The van der Waals surface area contributed by atoms with Gasteiger partial charge >= 0.3 is 0 Å². The molecule has 2 heterocycles. The summed E-state index contributed by atoms with van der Waals surface area (Å²) in [5, 5.41) is 10.1. The third-order valence-electron chi connectivity index (χ3n) is 4.19. The lowest BCUT2D eigenvalue weighted by molar-refractivity contribution is -0.0928. The highest BCUT2D eigenvalue weighted by molar-refractivity contribution is 4.88. The molecule has 0 spiro atoms. The van der Waals surface area contributed by atoms with Crippen molar-refractivity contribution in [1.29, 1.82) is 0 Å². The van der Waals surface area contributed by atoms with Crippen molar-refractivity contribution >= 4 is 0 Å². The molecule has 3 unspecified atom stereocenters. The number of epoxide rings is 2. The lowest BCUT2D eigenvalue weighted by Gasteiger charge is -2.36. The van der Waals surface area contributed by atoms with Crippen LogP contribution in [0.25, 0.3) is 0 Å². The fraction of sp³-hybridized carbons (Fsp3) is 0.875. The van der Waals surface area contributed by atoms with Gasteiger partial charge in [0.25, 0.3) is 0 Å². The molecule has 0 radical (unpaired) electrons. The van der Waals surface area contributed by atoms with Gasteiger partial charge in [-0.2, -0.15) is 0 Å². The van der Waals surface area contributed by atoms with E-state index in [0.29, 0.717) is 12.2 Å². The molecule has 1 saturated carbocycles. The van der Waals surface area contributed by atoms with Gasteiger partial charge in [-0.25, -0.2) is 0 Å². The minimum atomic E-state index is -0.605. The van der Waals surface area contributed by atoms with E-state index in [1.165, 1.54) is 12.7 Å². The normalized spacial score (nSPS) is 30.6. The quantitative estimate of drug-likeness (QED) is 0.576. The summed E-state index contributed by atoms with van der Waals surface area (Å²) in [4.78, 5) is 0.